The molecule has 0 radical (unpaired) electrons. The minimum absolute atomic E-state index is 0.398. The van der Waals surface area contributed by atoms with E-state index in [9.17, 15) is 9.59 Å². The molecule has 1 aromatic rings. The van der Waals surface area contributed by atoms with Crippen LogP contribution in [0.4, 0.5) is 0 Å². The highest BCUT2D eigenvalue weighted by Gasteiger charge is 2.15. The quantitative estimate of drug-likeness (QED) is 0.849. The molecule has 1 amide bonds. The number of nitrogens with one attached hydrogen (secondary N) is 1. The number of aliphatic carboxylic acids is 1. The van der Waals surface area contributed by atoms with Crippen LogP contribution < -0.4 is 5.32 Å². The van der Waals surface area contributed by atoms with Gasteiger partial charge in [-0.25, -0.2) is 0 Å². The Balaban J connectivity index is 2.81. The van der Waals surface area contributed by atoms with Gasteiger partial charge in [0.25, 0.3) is 5.91 Å². The van der Waals surface area contributed by atoms with E-state index in [-0.39, 0.29) is 0 Å². The lowest BCUT2D eigenvalue weighted by atomic mass is 10.1. The lowest BCUT2D eigenvalue weighted by molar-refractivity contribution is -0.138. The minimum atomic E-state index is -1.07. The van der Waals surface area contributed by atoms with Gasteiger partial charge in [0.1, 0.15) is 6.04 Å². The molecule has 0 spiro atoms. The monoisotopic (exact) mass is 241 g/mol. The Morgan fingerprint density at radius 3 is 2.56 bits per heavy atom. The first-order valence-corrected chi connectivity index (χ1v) is 5.09. The second kappa shape index (κ2) is 4.99. The number of rotatable bonds is 3. The smallest absolute Gasteiger partial charge is 0.325 e. The number of carboxylic acids is 1. The molecule has 0 fully saturated rings. The summed E-state index contributed by atoms with van der Waals surface area (Å²) in [6.07, 6.45) is 0. The molecule has 0 aliphatic rings. The third kappa shape index (κ3) is 2.97. The van der Waals surface area contributed by atoms with Gasteiger partial charge in [0, 0.05) is 10.6 Å². The van der Waals surface area contributed by atoms with E-state index < -0.39 is 17.9 Å². The highest BCUT2D eigenvalue weighted by Crippen LogP contribution is 2.16. The van der Waals surface area contributed by atoms with E-state index in [1.54, 1.807) is 25.1 Å². The van der Waals surface area contributed by atoms with Crippen LogP contribution in [-0.4, -0.2) is 23.0 Å². The first-order chi connectivity index (χ1) is 7.41. The number of halogens is 1. The van der Waals surface area contributed by atoms with Crippen molar-refractivity contribution in [2.45, 2.75) is 19.9 Å². The van der Waals surface area contributed by atoms with Crippen LogP contribution in [0.15, 0.2) is 18.2 Å². The zero-order valence-corrected chi connectivity index (χ0v) is 9.71. The second-order valence-corrected chi connectivity index (χ2v) is 3.90. The Morgan fingerprint density at radius 1 is 1.44 bits per heavy atom. The largest absolute Gasteiger partial charge is 0.480 e. The maximum absolute atomic E-state index is 11.6. The van der Waals surface area contributed by atoms with E-state index in [0.717, 1.165) is 5.56 Å². The molecule has 0 unspecified atom stereocenters. The molecule has 2 N–H and O–H groups in total. The Hall–Kier alpha value is -1.55. The third-order valence-corrected chi connectivity index (χ3v) is 2.56. The SMILES string of the molecule is Cc1cc(C(=O)N[C@@H](C)C(=O)O)ccc1Cl. The number of benzene rings is 1. The first-order valence-electron chi connectivity index (χ1n) is 4.71. The van der Waals surface area contributed by atoms with Crippen LogP contribution in [-0.2, 0) is 4.79 Å². The fourth-order valence-electron chi connectivity index (χ4n) is 1.13. The van der Waals surface area contributed by atoms with Gasteiger partial charge in [0.15, 0.2) is 0 Å². The Bertz CT molecular complexity index is 431. The highest BCUT2D eigenvalue weighted by molar-refractivity contribution is 6.31. The Kier molecular flexibility index (Phi) is 3.90. The first kappa shape index (κ1) is 12.5. The molecule has 16 heavy (non-hydrogen) atoms. The summed E-state index contributed by atoms with van der Waals surface area (Å²) < 4.78 is 0. The van der Waals surface area contributed by atoms with Gasteiger partial charge in [-0.05, 0) is 37.6 Å². The molecule has 0 saturated carbocycles. The van der Waals surface area contributed by atoms with Crippen molar-refractivity contribution in [2.24, 2.45) is 0 Å². The number of carbonyl (C=O) groups excluding carboxylic acids is 1. The van der Waals surface area contributed by atoms with E-state index >= 15 is 0 Å². The molecule has 5 heteroatoms. The fourth-order valence-corrected chi connectivity index (χ4v) is 1.25. The maximum atomic E-state index is 11.6. The van der Waals surface area contributed by atoms with Gasteiger partial charge in [-0.3, -0.25) is 9.59 Å². The molecule has 4 nitrogen and oxygen atoms in total. The highest BCUT2D eigenvalue weighted by atomic mass is 35.5. The van der Waals surface area contributed by atoms with E-state index in [2.05, 4.69) is 5.32 Å². The van der Waals surface area contributed by atoms with Crippen molar-refractivity contribution in [3.63, 3.8) is 0 Å². The molecular formula is C11H12ClNO3. The van der Waals surface area contributed by atoms with Crippen LogP contribution in [0.5, 0.6) is 0 Å². The predicted octanol–water partition coefficient (Wildman–Crippen LogP) is 1.85. The summed E-state index contributed by atoms with van der Waals surface area (Å²) in [5.41, 5.74) is 1.17. The third-order valence-electron chi connectivity index (χ3n) is 2.14. The maximum Gasteiger partial charge on any atom is 0.325 e. The molecule has 0 aromatic heterocycles. The van der Waals surface area contributed by atoms with E-state index in [0.29, 0.717) is 10.6 Å². The number of carbonyl (C=O) groups is 2. The fraction of sp³-hybridized carbons (Fsp3) is 0.273. The Morgan fingerprint density at radius 2 is 2.06 bits per heavy atom. The molecule has 0 aliphatic heterocycles. The topological polar surface area (TPSA) is 66.4 Å². The zero-order valence-electron chi connectivity index (χ0n) is 8.95. The van der Waals surface area contributed by atoms with E-state index in [1.807, 2.05) is 0 Å². The van der Waals surface area contributed by atoms with Crippen molar-refractivity contribution in [2.75, 3.05) is 0 Å². The van der Waals surface area contributed by atoms with Crippen LogP contribution in [0.25, 0.3) is 0 Å². The summed E-state index contributed by atoms with van der Waals surface area (Å²) in [6, 6.07) is 3.87. The summed E-state index contributed by atoms with van der Waals surface area (Å²) in [5, 5.41) is 11.6. The summed E-state index contributed by atoms with van der Waals surface area (Å²) in [4.78, 5) is 22.2. The van der Waals surface area contributed by atoms with Crippen LogP contribution >= 0.6 is 11.6 Å². The van der Waals surface area contributed by atoms with E-state index in [4.69, 9.17) is 16.7 Å². The van der Waals surface area contributed by atoms with Crippen LogP contribution in [0.2, 0.25) is 5.02 Å². The molecule has 1 aromatic carbocycles. The van der Waals surface area contributed by atoms with Gasteiger partial charge in [0.05, 0.1) is 0 Å². The molecule has 0 bridgehead atoms. The average molecular weight is 242 g/mol. The van der Waals surface area contributed by atoms with Crippen molar-refractivity contribution < 1.29 is 14.7 Å². The zero-order chi connectivity index (χ0) is 12.3. The van der Waals surface area contributed by atoms with Crippen LogP contribution in [0, 0.1) is 6.92 Å². The second-order valence-electron chi connectivity index (χ2n) is 3.50. The van der Waals surface area contributed by atoms with Crippen molar-refractivity contribution >= 4 is 23.5 Å². The van der Waals surface area contributed by atoms with Crippen molar-refractivity contribution in [3.05, 3.63) is 34.3 Å². The lowest BCUT2D eigenvalue weighted by Gasteiger charge is -2.09. The molecule has 0 saturated heterocycles. The molecule has 1 rings (SSSR count). The molecule has 0 heterocycles. The van der Waals surface area contributed by atoms with Gasteiger partial charge in [-0.15, -0.1) is 0 Å². The summed E-state index contributed by atoms with van der Waals surface area (Å²) in [6.45, 7) is 3.18. The van der Waals surface area contributed by atoms with Crippen molar-refractivity contribution in [3.8, 4) is 0 Å². The molecule has 86 valence electrons. The van der Waals surface area contributed by atoms with Gasteiger partial charge < -0.3 is 10.4 Å². The number of hydrogen-bond acceptors (Lipinski definition) is 2. The van der Waals surface area contributed by atoms with Crippen LogP contribution in [0.3, 0.4) is 0 Å². The molecular weight excluding hydrogens is 230 g/mol. The van der Waals surface area contributed by atoms with Gasteiger partial charge in [-0.2, -0.15) is 0 Å². The summed E-state index contributed by atoms with van der Waals surface area (Å²) in [7, 11) is 0. The number of hydrogen-bond donors (Lipinski definition) is 2. The normalized spacial score (nSPS) is 11.9. The van der Waals surface area contributed by atoms with Crippen molar-refractivity contribution in [1.82, 2.24) is 5.32 Å². The van der Waals surface area contributed by atoms with Gasteiger partial charge in [-0.1, -0.05) is 11.6 Å². The standard InChI is InChI=1S/C11H12ClNO3/c1-6-5-8(3-4-9(6)12)10(14)13-7(2)11(15)16/h3-5,7H,1-2H3,(H,13,14)(H,15,16)/t7-/m0/s1. The van der Waals surface area contributed by atoms with Crippen LogP contribution in [0.1, 0.15) is 22.8 Å². The minimum Gasteiger partial charge on any atom is -0.480 e. The molecule has 0 aliphatic carbocycles. The van der Waals surface area contributed by atoms with E-state index in [1.165, 1.54) is 6.92 Å². The number of aryl methyl sites for hydroxylation is 1. The van der Waals surface area contributed by atoms with Gasteiger partial charge >= 0.3 is 5.97 Å². The van der Waals surface area contributed by atoms with Crippen molar-refractivity contribution in [1.29, 1.82) is 0 Å². The predicted molar refractivity (Wildman–Crippen MR) is 60.8 cm³/mol. The summed E-state index contributed by atoms with van der Waals surface area (Å²) >= 11 is 5.82. The summed E-state index contributed by atoms with van der Waals surface area (Å²) in [5.74, 6) is -1.49. The number of carboxylic acid groups (broad SMARTS) is 1. The number of amides is 1. The Labute approximate surface area is 98.2 Å². The lowest BCUT2D eigenvalue weighted by Crippen LogP contribution is -2.38. The molecule has 1 atom stereocenters. The van der Waals surface area contributed by atoms with Gasteiger partial charge in [0.2, 0.25) is 0 Å². The average Bonchev–Trinajstić information content (AvgIpc) is 2.21.